The molecule has 0 amide bonds. The van der Waals surface area contributed by atoms with E-state index < -0.39 is 0 Å². The van der Waals surface area contributed by atoms with E-state index in [0.717, 1.165) is 0 Å². The van der Waals surface area contributed by atoms with E-state index in [9.17, 15) is 0 Å². The lowest BCUT2D eigenvalue weighted by Crippen LogP contribution is -1.88. The molecule has 3 rings (SSSR count). The lowest BCUT2D eigenvalue weighted by molar-refractivity contribution is 1.07. The molecule has 1 aliphatic rings. The molecular weight excluding hydrogens is 168 g/mol. The highest BCUT2D eigenvalue weighted by molar-refractivity contribution is 5.78. The fourth-order valence-electron chi connectivity index (χ4n) is 2.26. The highest BCUT2D eigenvalue weighted by atomic mass is 14.3. The van der Waals surface area contributed by atoms with Crippen molar-refractivity contribution in [3.8, 4) is 11.1 Å². The summed E-state index contributed by atoms with van der Waals surface area (Å²) in [6.45, 7) is 4.22. The lowest BCUT2D eigenvalue weighted by atomic mass is 10.00. The van der Waals surface area contributed by atoms with Crippen LogP contribution in [-0.2, 0) is 0 Å². The lowest BCUT2D eigenvalue weighted by Gasteiger charge is -2.04. The number of rotatable bonds is 0. The fourth-order valence-corrected chi connectivity index (χ4v) is 2.26. The van der Waals surface area contributed by atoms with Crippen LogP contribution in [0.2, 0.25) is 0 Å². The van der Waals surface area contributed by atoms with Gasteiger partial charge in [0, 0.05) is 5.92 Å². The van der Waals surface area contributed by atoms with Gasteiger partial charge in [0.2, 0.25) is 0 Å². The van der Waals surface area contributed by atoms with Gasteiger partial charge in [-0.3, -0.25) is 0 Å². The molecule has 0 N–H and O–H groups in total. The van der Waals surface area contributed by atoms with Crippen molar-refractivity contribution in [2.45, 2.75) is 5.92 Å². The van der Waals surface area contributed by atoms with Gasteiger partial charge in [-0.15, -0.1) is 0 Å². The van der Waals surface area contributed by atoms with Crippen molar-refractivity contribution in [3.05, 3.63) is 66.6 Å². The molecule has 14 heavy (non-hydrogen) atoms. The van der Waals surface area contributed by atoms with Crippen LogP contribution in [0.5, 0.6) is 0 Å². The summed E-state index contributed by atoms with van der Waals surface area (Å²) >= 11 is 0. The predicted molar refractivity (Wildman–Crippen MR) is 59.1 cm³/mol. The monoisotopic (exact) mass is 179 g/mol. The first kappa shape index (κ1) is 7.81. The van der Waals surface area contributed by atoms with Gasteiger partial charge in [-0.05, 0) is 29.2 Å². The van der Waals surface area contributed by atoms with Crippen LogP contribution in [0.4, 0.5) is 0 Å². The first-order valence-electron chi connectivity index (χ1n) is 4.89. The molecule has 0 nitrogen and oxygen atoms in total. The van der Waals surface area contributed by atoms with E-state index in [2.05, 4.69) is 55.5 Å². The highest BCUT2D eigenvalue weighted by Gasteiger charge is 2.23. The van der Waals surface area contributed by atoms with Crippen LogP contribution in [0.25, 0.3) is 11.1 Å². The molecule has 0 saturated heterocycles. The van der Waals surface area contributed by atoms with Crippen LogP contribution in [-0.4, -0.2) is 0 Å². The van der Waals surface area contributed by atoms with Crippen LogP contribution in [0.15, 0.2) is 48.5 Å². The number of hydrogen-bond acceptors (Lipinski definition) is 0. The molecule has 0 aliphatic heterocycles. The largest absolute Gasteiger partial charge is 0.0619 e. The molecule has 0 atom stereocenters. The third-order valence-electron chi connectivity index (χ3n) is 2.96. The summed E-state index contributed by atoms with van der Waals surface area (Å²) in [4.78, 5) is 0. The van der Waals surface area contributed by atoms with Gasteiger partial charge in [0.1, 0.15) is 0 Å². The van der Waals surface area contributed by atoms with Crippen molar-refractivity contribution in [1.82, 2.24) is 0 Å². The molecule has 2 aromatic carbocycles. The van der Waals surface area contributed by atoms with Gasteiger partial charge >= 0.3 is 0 Å². The summed E-state index contributed by atoms with van der Waals surface area (Å²) in [6.07, 6.45) is 0. The second-order valence-corrected chi connectivity index (χ2v) is 3.73. The van der Waals surface area contributed by atoms with E-state index in [1.165, 1.54) is 22.3 Å². The van der Waals surface area contributed by atoms with Gasteiger partial charge in [0.25, 0.3) is 0 Å². The minimum Gasteiger partial charge on any atom is -0.0619 e. The average molecular weight is 179 g/mol. The fraction of sp³-hybridized carbons (Fsp3) is 0.0714. The van der Waals surface area contributed by atoms with Gasteiger partial charge in [0.15, 0.2) is 0 Å². The van der Waals surface area contributed by atoms with Crippen LogP contribution in [0.1, 0.15) is 17.0 Å². The molecule has 0 saturated carbocycles. The molecule has 0 aromatic heterocycles. The highest BCUT2D eigenvalue weighted by Crippen LogP contribution is 2.43. The van der Waals surface area contributed by atoms with E-state index in [1.807, 2.05) is 0 Å². The van der Waals surface area contributed by atoms with E-state index >= 15 is 0 Å². The Morgan fingerprint density at radius 1 is 0.714 bits per heavy atom. The molecule has 0 fully saturated rings. The van der Waals surface area contributed by atoms with Crippen molar-refractivity contribution in [1.29, 1.82) is 0 Å². The first-order chi connectivity index (χ1) is 6.88. The zero-order valence-electron chi connectivity index (χ0n) is 7.90. The Kier molecular flexibility index (Phi) is 1.51. The normalized spacial score (nSPS) is 13.8. The molecule has 1 radical (unpaired) electrons. The van der Waals surface area contributed by atoms with E-state index in [1.54, 1.807) is 0 Å². The van der Waals surface area contributed by atoms with Gasteiger partial charge in [-0.1, -0.05) is 48.5 Å². The standard InChI is InChI=1S/C14H11/c1-10-11-6-2-4-8-13(11)14-9-5-3-7-12(10)14/h2-10H,1H2. The summed E-state index contributed by atoms with van der Waals surface area (Å²) in [5.41, 5.74) is 5.41. The topological polar surface area (TPSA) is 0 Å². The maximum Gasteiger partial charge on any atom is 0.0102 e. The maximum absolute atomic E-state index is 4.22. The zero-order chi connectivity index (χ0) is 9.54. The quantitative estimate of drug-likeness (QED) is 0.579. The molecule has 67 valence electrons. The third kappa shape index (κ3) is 0.884. The third-order valence-corrected chi connectivity index (χ3v) is 2.96. The Balaban J connectivity index is 2.36. The van der Waals surface area contributed by atoms with E-state index in [4.69, 9.17) is 0 Å². The summed E-state index contributed by atoms with van der Waals surface area (Å²) in [5.74, 6) is 0.308. The molecular formula is C14H11. The Labute approximate surface area is 84.2 Å². The maximum atomic E-state index is 4.22. The van der Waals surface area contributed by atoms with E-state index in [0.29, 0.717) is 5.92 Å². The summed E-state index contributed by atoms with van der Waals surface area (Å²) in [6, 6.07) is 17.1. The molecule has 0 bridgehead atoms. The van der Waals surface area contributed by atoms with E-state index in [-0.39, 0.29) is 0 Å². The first-order valence-corrected chi connectivity index (χ1v) is 4.89. The Morgan fingerprint density at radius 3 is 1.64 bits per heavy atom. The Hall–Kier alpha value is -1.56. The molecule has 1 aliphatic carbocycles. The van der Waals surface area contributed by atoms with Crippen molar-refractivity contribution < 1.29 is 0 Å². The second kappa shape index (κ2) is 2.71. The molecule has 0 unspecified atom stereocenters. The SMILES string of the molecule is [CH2]C1c2ccccc2-c2ccccc21. The van der Waals surface area contributed by atoms with Crippen LogP contribution in [0, 0.1) is 6.92 Å². The predicted octanol–water partition coefficient (Wildman–Crippen LogP) is 3.63. The summed E-state index contributed by atoms with van der Waals surface area (Å²) in [7, 11) is 0. The molecule has 0 spiro atoms. The minimum atomic E-state index is 0.308. The second-order valence-electron chi connectivity index (χ2n) is 3.73. The smallest absolute Gasteiger partial charge is 0.0102 e. The van der Waals surface area contributed by atoms with Crippen LogP contribution >= 0.6 is 0 Å². The van der Waals surface area contributed by atoms with Gasteiger partial charge < -0.3 is 0 Å². The molecule has 0 heterocycles. The van der Waals surface area contributed by atoms with Crippen LogP contribution in [0.3, 0.4) is 0 Å². The van der Waals surface area contributed by atoms with Crippen LogP contribution < -0.4 is 0 Å². The summed E-state index contributed by atoms with van der Waals surface area (Å²) < 4.78 is 0. The van der Waals surface area contributed by atoms with Gasteiger partial charge in [0.05, 0.1) is 0 Å². The van der Waals surface area contributed by atoms with Crippen molar-refractivity contribution in [3.63, 3.8) is 0 Å². The van der Waals surface area contributed by atoms with Crippen molar-refractivity contribution in [2.75, 3.05) is 0 Å². The summed E-state index contributed by atoms with van der Waals surface area (Å²) in [5, 5.41) is 0. The van der Waals surface area contributed by atoms with Gasteiger partial charge in [-0.2, -0.15) is 0 Å². The minimum absolute atomic E-state index is 0.308. The number of hydrogen-bond donors (Lipinski definition) is 0. The zero-order valence-corrected chi connectivity index (χ0v) is 7.90. The number of benzene rings is 2. The molecule has 0 heteroatoms. The van der Waals surface area contributed by atoms with Crippen molar-refractivity contribution in [2.24, 2.45) is 0 Å². The Bertz CT molecular complexity index is 437. The number of fused-ring (bicyclic) bond motifs is 3. The molecule has 2 aromatic rings. The van der Waals surface area contributed by atoms with Gasteiger partial charge in [-0.25, -0.2) is 0 Å². The average Bonchev–Trinajstić information content (AvgIpc) is 2.55. The van der Waals surface area contributed by atoms with Crippen molar-refractivity contribution >= 4 is 0 Å². The Morgan fingerprint density at radius 2 is 1.14 bits per heavy atom.